The predicted octanol–water partition coefficient (Wildman–Crippen LogP) is 4.57. The summed E-state index contributed by atoms with van der Waals surface area (Å²) >= 11 is 0. The third kappa shape index (κ3) is 5.98. The smallest absolute Gasteiger partial charge is 0.271 e. The quantitative estimate of drug-likeness (QED) is 0.416. The van der Waals surface area contributed by atoms with E-state index in [9.17, 15) is 4.79 Å². The number of aryl methyl sites for hydroxylation is 1. The topological polar surface area (TPSA) is 103 Å². The molecule has 1 aromatic heterocycles. The number of nitrogens with one attached hydrogen (secondary N) is 1. The van der Waals surface area contributed by atoms with Crippen molar-refractivity contribution in [2.75, 3.05) is 74.6 Å². The summed E-state index contributed by atoms with van der Waals surface area (Å²) in [6.07, 6.45) is 4.23. The van der Waals surface area contributed by atoms with Crippen LogP contribution in [0.1, 0.15) is 60.3 Å². The maximum Gasteiger partial charge on any atom is 0.271 e. The molecule has 45 heavy (non-hydrogen) atoms. The van der Waals surface area contributed by atoms with E-state index in [4.69, 9.17) is 20.4 Å². The molecule has 3 N–H and O–H groups in total. The lowest BCUT2D eigenvalue weighted by Crippen LogP contribution is -2.52. The first kappa shape index (κ1) is 30.0. The third-order valence-corrected chi connectivity index (χ3v) is 10.3. The van der Waals surface area contributed by atoms with Gasteiger partial charge in [-0.05, 0) is 82.5 Å². The lowest BCUT2D eigenvalue weighted by molar-refractivity contribution is 0.0826. The van der Waals surface area contributed by atoms with Crippen molar-refractivity contribution in [2.24, 2.45) is 5.73 Å². The number of piperidine rings is 1. The number of carbonyl (C=O) groups excluding carboxylic acids is 1. The molecule has 3 aromatic rings. The molecular formula is C35H46N8O2. The van der Waals surface area contributed by atoms with E-state index in [1.165, 1.54) is 50.3 Å². The van der Waals surface area contributed by atoms with Crippen LogP contribution in [-0.2, 0) is 4.74 Å². The van der Waals surface area contributed by atoms with Crippen molar-refractivity contribution >= 4 is 28.9 Å². The lowest BCUT2D eigenvalue weighted by Gasteiger charge is -2.43. The molecule has 0 bridgehead atoms. The van der Waals surface area contributed by atoms with Gasteiger partial charge in [0.2, 0.25) is 0 Å². The summed E-state index contributed by atoms with van der Waals surface area (Å²) in [5.41, 5.74) is 12.2. The van der Waals surface area contributed by atoms with Gasteiger partial charge in [0.05, 0.1) is 6.04 Å². The minimum atomic E-state index is -0.599. The van der Waals surface area contributed by atoms with Crippen LogP contribution in [0.2, 0.25) is 0 Å². The molecule has 0 radical (unpaired) electrons. The molecule has 1 unspecified atom stereocenters. The van der Waals surface area contributed by atoms with Crippen LogP contribution in [0.25, 0.3) is 11.3 Å². The molecule has 10 heteroatoms. The minimum Gasteiger partial charge on any atom is -0.381 e. The van der Waals surface area contributed by atoms with Gasteiger partial charge in [-0.1, -0.05) is 17.7 Å². The monoisotopic (exact) mass is 610 g/mol. The fourth-order valence-electron chi connectivity index (χ4n) is 7.64. The summed E-state index contributed by atoms with van der Waals surface area (Å²) in [6, 6.07) is 16.0. The van der Waals surface area contributed by atoms with Crippen molar-refractivity contribution in [1.82, 2.24) is 19.8 Å². The fraction of sp³-hybridized carbons (Fsp3) is 0.514. The summed E-state index contributed by atoms with van der Waals surface area (Å²) in [6.45, 7) is 12.6. The highest BCUT2D eigenvalue weighted by Gasteiger charge is 2.37. The SMILES string of the molecule is Cc1ccc2c(c1)-c1nc(C(N)=O)c(Nc3ccc(N4CCC(N5CCN(C)CC5)CC4)cc3)nc1N(C1CCOCC1)C2C. The van der Waals surface area contributed by atoms with E-state index in [1.807, 2.05) is 0 Å². The number of rotatable bonds is 6. The van der Waals surface area contributed by atoms with Crippen LogP contribution in [0, 0.1) is 6.92 Å². The third-order valence-electron chi connectivity index (χ3n) is 10.3. The minimum absolute atomic E-state index is 0.109. The van der Waals surface area contributed by atoms with Gasteiger partial charge in [-0.15, -0.1) is 0 Å². The highest BCUT2D eigenvalue weighted by atomic mass is 16.5. The van der Waals surface area contributed by atoms with Crippen molar-refractivity contribution in [1.29, 1.82) is 0 Å². The molecule has 238 valence electrons. The van der Waals surface area contributed by atoms with Crippen molar-refractivity contribution < 1.29 is 9.53 Å². The van der Waals surface area contributed by atoms with Gasteiger partial charge >= 0.3 is 0 Å². The number of hydrogen-bond acceptors (Lipinski definition) is 9. The molecule has 1 atom stereocenters. The fourth-order valence-corrected chi connectivity index (χ4v) is 7.64. The Morgan fingerprint density at radius 2 is 1.62 bits per heavy atom. The molecule has 4 aliphatic rings. The number of piperazine rings is 1. The van der Waals surface area contributed by atoms with Gasteiger partial charge in [-0.3, -0.25) is 9.69 Å². The first-order chi connectivity index (χ1) is 21.9. The average molecular weight is 611 g/mol. The Morgan fingerprint density at radius 3 is 2.31 bits per heavy atom. The van der Waals surface area contributed by atoms with Gasteiger partial charge in [-0.2, -0.15) is 0 Å². The number of ether oxygens (including phenoxy) is 1. The number of hydrogen-bond donors (Lipinski definition) is 2. The second-order valence-electron chi connectivity index (χ2n) is 13.2. The van der Waals surface area contributed by atoms with Crippen molar-refractivity contribution in [3.05, 3.63) is 59.3 Å². The number of amides is 1. The van der Waals surface area contributed by atoms with Gasteiger partial charge in [0, 0.05) is 81.5 Å². The largest absolute Gasteiger partial charge is 0.381 e. The van der Waals surface area contributed by atoms with E-state index in [1.54, 1.807) is 0 Å². The summed E-state index contributed by atoms with van der Waals surface area (Å²) in [4.78, 5) is 32.8. The average Bonchev–Trinajstić information content (AvgIpc) is 3.06. The number of fused-ring (bicyclic) bond motifs is 3. The molecule has 0 aliphatic carbocycles. The van der Waals surface area contributed by atoms with Crippen LogP contribution in [0.5, 0.6) is 0 Å². The first-order valence-corrected chi connectivity index (χ1v) is 16.6. The van der Waals surface area contributed by atoms with Gasteiger partial charge in [0.1, 0.15) is 5.69 Å². The van der Waals surface area contributed by atoms with Gasteiger partial charge < -0.3 is 30.5 Å². The summed E-state index contributed by atoms with van der Waals surface area (Å²) in [5, 5.41) is 3.41. The van der Waals surface area contributed by atoms with Crippen LogP contribution in [0.4, 0.5) is 23.0 Å². The number of anilines is 4. The molecule has 0 spiro atoms. The maximum absolute atomic E-state index is 12.8. The van der Waals surface area contributed by atoms with Crippen LogP contribution < -0.4 is 20.9 Å². The second-order valence-corrected chi connectivity index (χ2v) is 13.2. The second kappa shape index (κ2) is 12.6. The lowest BCUT2D eigenvalue weighted by atomic mass is 9.89. The Morgan fingerprint density at radius 1 is 0.911 bits per heavy atom. The van der Waals surface area contributed by atoms with E-state index in [0.29, 0.717) is 17.6 Å². The maximum atomic E-state index is 12.8. The van der Waals surface area contributed by atoms with E-state index in [2.05, 4.69) is 88.3 Å². The molecule has 10 nitrogen and oxygen atoms in total. The van der Waals surface area contributed by atoms with E-state index < -0.39 is 5.91 Å². The highest BCUT2D eigenvalue weighted by molar-refractivity contribution is 5.98. The highest BCUT2D eigenvalue weighted by Crippen LogP contribution is 2.46. The van der Waals surface area contributed by atoms with Gasteiger partial charge in [0.25, 0.3) is 5.91 Å². The zero-order valence-corrected chi connectivity index (χ0v) is 26.8. The summed E-state index contributed by atoms with van der Waals surface area (Å²) < 4.78 is 5.70. The normalized spacial score (nSPS) is 21.8. The Kier molecular flexibility index (Phi) is 8.37. The molecule has 7 rings (SSSR count). The number of nitrogens with zero attached hydrogens (tertiary/aromatic N) is 6. The Balaban J connectivity index is 1.13. The van der Waals surface area contributed by atoms with Crippen LogP contribution in [0.15, 0.2) is 42.5 Å². The molecule has 0 saturated carbocycles. The zero-order valence-electron chi connectivity index (χ0n) is 26.8. The molecule has 2 aromatic carbocycles. The number of benzene rings is 2. The Hall–Kier alpha value is -3.73. The summed E-state index contributed by atoms with van der Waals surface area (Å²) in [5.74, 6) is 0.584. The molecule has 1 amide bonds. The van der Waals surface area contributed by atoms with Crippen LogP contribution in [0.3, 0.4) is 0 Å². The standard InChI is InChI=1S/C35H46N8O2/c1-23-4-9-29-24(2)43(28-12-20-45-21-13-28)35-31(30(29)22-23)38-32(33(36)44)34(39-35)37-25-5-7-26(8-6-25)41-14-10-27(11-15-41)42-18-16-40(3)17-19-42/h4-9,22,24,27-28H,10-21H2,1-3H3,(H2,36,44)(H,37,39). The van der Waals surface area contributed by atoms with E-state index in [-0.39, 0.29) is 17.8 Å². The molecule has 5 heterocycles. The number of nitrogens with two attached hydrogens (primary N) is 1. The molecule has 4 aliphatic heterocycles. The van der Waals surface area contributed by atoms with Crippen LogP contribution >= 0.6 is 0 Å². The Labute approximate surface area is 266 Å². The summed E-state index contributed by atoms with van der Waals surface area (Å²) in [7, 11) is 2.22. The zero-order chi connectivity index (χ0) is 31.1. The van der Waals surface area contributed by atoms with E-state index in [0.717, 1.165) is 61.8 Å². The van der Waals surface area contributed by atoms with Crippen molar-refractivity contribution in [2.45, 2.75) is 57.7 Å². The predicted molar refractivity (Wildman–Crippen MR) is 179 cm³/mol. The van der Waals surface area contributed by atoms with Gasteiger partial charge in [-0.25, -0.2) is 9.97 Å². The number of likely N-dealkylation sites (N-methyl/N-ethyl adjacent to an activating group) is 1. The molecule has 3 fully saturated rings. The number of primary amides is 1. The van der Waals surface area contributed by atoms with Crippen LogP contribution in [-0.4, -0.2) is 97.3 Å². The van der Waals surface area contributed by atoms with Crippen molar-refractivity contribution in [3.63, 3.8) is 0 Å². The first-order valence-electron chi connectivity index (χ1n) is 16.6. The van der Waals surface area contributed by atoms with Gasteiger partial charge in [0.15, 0.2) is 17.3 Å². The van der Waals surface area contributed by atoms with Crippen molar-refractivity contribution in [3.8, 4) is 11.3 Å². The molecule has 3 saturated heterocycles. The van der Waals surface area contributed by atoms with E-state index >= 15 is 0 Å². The number of carbonyl (C=O) groups is 1. The number of aromatic nitrogens is 2. The Bertz CT molecular complexity index is 1520. The molecular weight excluding hydrogens is 564 g/mol.